The molecule has 0 rings (SSSR count). The van der Waals surface area contributed by atoms with Crippen molar-refractivity contribution in [3.63, 3.8) is 0 Å². The summed E-state index contributed by atoms with van der Waals surface area (Å²) in [7, 11) is -5.18. The number of phosphoric acid groups is 1. The largest absolute Gasteiger partial charge is 1.00 e. The predicted molar refractivity (Wildman–Crippen MR) is 134 cm³/mol. The summed E-state index contributed by atoms with van der Waals surface area (Å²) in [5.74, 6) is -0.469. The molecule has 0 bridgehead atoms. The van der Waals surface area contributed by atoms with Gasteiger partial charge in [-0.3, -0.25) is 9.59 Å². The van der Waals surface area contributed by atoms with E-state index in [2.05, 4.69) is 16.8 Å². The van der Waals surface area contributed by atoms with Crippen molar-refractivity contribution in [2.75, 3.05) is 33.2 Å². The second-order valence-corrected chi connectivity index (χ2v) is 10.2. The molecule has 0 aliphatic heterocycles. The molecule has 0 heterocycles. The van der Waals surface area contributed by atoms with Gasteiger partial charge in [0.25, 0.3) is 0 Å². The van der Waals surface area contributed by atoms with E-state index in [0.29, 0.717) is 13.0 Å². The smallest absolute Gasteiger partial charge is 0.790 e. The molecular formula is C25H48NNa2O9P. The van der Waals surface area contributed by atoms with E-state index in [9.17, 15) is 23.9 Å². The molecule has 214 valence electrons. The van der Waals surface area contributed by atoms with Crippen molar-refractivity contribution in [2.45, 2.75) is 116 Å². The molecule has 13 heteroatoms. The van der Waals surface area contributed by atoms with Crippen LogP contribution in [0.15, 0.2) is 0 Å². The maximum absolute atomic E-state index is 12.1. The summed E-state index contributed by atoms with van der Waals surface area (Å²) >= 11 is 0. The summed E-state index contributed by atoms with van der Waals surface area (Å²) in [5, 5.41) is 2.78. The summed E-state index contributed by atoms with van der Waals surface area (Å²) in [6.07, 6.45) is 14.1. The third-order valence-corrected chi connectivity index (χ3v) is 5.98. The van der Waals surface area contributed by atoms with Gasteiger partial charge in [-0.1, -0.05) is 77.6 Å². The number of rotatable bonds is 26. The van der Waals surface area contributed by atoms with Gasteiger partial charge in [-0.15, -0.1) is 0 Å². The first-order valence-corrected chi connectivity index (χ1v) is 15.0. The van der Waals surface area contributed by atoms with E-state index < -0.39 is 26.5 Å². The topological polar surface area (TPSA) is 146 Å². The number of esters is 1. The Morgan fingerprint density at radius 1 is 0.789 bits per heavy atom. The molecule has 0 saturated heterocycles. The second kappa shape index (κ2) is 30.9. The Balaban J connectivity index is -0.00000612. The van der Waals surface area contributed by atoms with Crippen LogP contribution < -0.4 is 74.2 Å². The third-order valence-electron chi connectivity index (χ3n) is 5.51. The van der Waals surface area contributed by atoms with Crippen LogP contribution in [0.4, 0.5) is 0 Å². The second-order valence-electron chi connectivity index (χ2n) is 9.08. The number of ether oxygens (including phenoxy) is 3. The molecule has 0 unspecified atom stereocenters. The van der Waals surface area contributed by atoms with Gasteiger partial charge in [0.05, 0.1) is 21.0 Å². The molecular weight excluding hydrogens is 535 g/mol. The molecule has 0 aliphatic rings. The fourth-order valence-electron chi connectivity index (χ4n) is 3.54. The van der Waals surface area contributed by atoms with E-state index in [1.165, 1.54) is 32.6 Å². The average molecular weight is 584 g/mol. The van der Waals surface area contributed by atoms with E-state index in [1.54, 1.807) is 0 Å². The van der Waals surface area contributed by atoms with Crippen molar-refractivity contribution in [1.82, 2.24) is 5.32 Å². The van der Waals surface area contributed by atoms with Crippen LogP contribution in [0.1, 0.15) is 110 Å². The molecule has 0 radical (unpaired) electrons. The van der Waals surface area contributed by atoms with Crippen LogP contribution in [-0.4, -0.2) is 51.1 Å². The molecule has 0 aromatic heterocycles. The van der Waals surface area contributed by atoms with Crippen LogP contribution in [0, 0.1) is 0 Å². The van der Waals surface area contributed by atoms with Gasteiger partial charge in [0.15, 0.2) is 0 Å². The molecule has 1 N–H and O–H groups in total. The SMILES string of the molecule is CCCCCCCCCCC(=O)O[C@H](COCOCCCCCCCCNC(C)=O)COP(=O)([O-])[O-].[Na+].[Na+]. The molecule has 1 amide bonds. The predicted octanol–water partition coefficient (Wildman–Crippen LogP) is -2.25. The Morgan fingerprint density at radius 3 is 1.92 bits per heavy atom. The van der Waals surface area contributed by atoms with Crippen molar-refractivity contribution in [3.8, 4) is 0 Å². The van der Waals surface area contributed by atoms with Crippen LogP contribution in [0.5, 0.6) is 0 Å². The number of carbonyl (C=O) groups excluding carboxylic acids is 2. The molecule has 1 atom stereocenters. The number of amides is 1. The van der Waals surface area contributed by atoms with Gasteiger partial charge < -0.3 is 38.4 Å². The van der Waals surface area contributed by atoms with Crippen LogP contribution >= 0.6 is 7.82 Å². The van der Waals surface area contributed by atoms with E-state index in [4.69, 9.17) is 14.2 Å². The zero-order chi connectivity index (χ0) is 26.9. The van der Waals surface area contributed by atoms with Gasteiger partial charge >= 0.3 is 65.1 Å². The minimum atomic E-state index is -5.18. The molecule has 38 heavy (non-hydrogen) atoms. The van der Waals surface area contributed by atoms with Gasteiger partial charge in [0.1, 0.15) is 12.9 Å². The van der Waals surface area contributed by atoms with Crippen molar-refractivity contribution in [2.24, 2.45) is 0 Å². The first-order valence-electron chi connectivity index (χ1n) is 13.5. The number of hydrogen-bond acceptors (Lipinski definition) is 9. The fourth-order valence-corrected chi connectivity index (χ4v) is 3.89. The Bertz CT molecular complexity index is 597. The van der Waals surface area contributed by atoms with Gasteiger partial charge in [0, 0.05) is 26.5 Å². The maximum atomic E-state index is 12.1. The Kier molecular flexibility index (Phi) is 35.3. The number of unbranched alkanes of at least 4 members (excludes halogenated alkanes) is 12. The number of carbonyl (C=O) groups is 2. The zero-order valence-electron chi connectivity index (χ0n) is 24.3. The molecule has 0 aliphatic carbocycles. The Morgan fingerprint density at radius 2 is 1.34 bits per heavy atom. The minimum absolute atomic E-state index is 0. The Labute approximate surface area is 274 Å². The quantitative estimate of drug-likeness (QED) is 0.0392. The normalized spacial score (nSPS) is 11.8. The molecule has 0 aromatic carbocycles. The van der Waals surface area contributed by atoms with Gasteiger partial charge in [-0.2, -0.15) is 0 Å². The first-order chi connectivity index (χ1) is 17.2. The number of hydrogen-bond donors (Lipinski definition) is 1. The van der Waals surface area contributed by atoms with Crippen molar-refractivity contribution >= 4 is 19.7 Å². The fraction of sp³-hybridized carbons (Fsp3) is 0.920. The van der Waals surface area contributed by atoms with Crippen LogP contribution in [0.25, 0.3) is 0 Å². The standard InChI is InChI=1S/C25H50NO9P.2Na/c1-3-4-5-6-7-8-11-14-17-25(28)35-24(21-34-36(29,30)31)20-33-22-32-19-16-13-10-9-12-15-18-26-23(2)27;;/h24H,3-22H2,1-2H3,(H,26,27)(H2,29,30,31);;/q;2*+1/p-2/t24-;;/m1../s1. The summed E-state index contributed by atoms with van der Waals surface area (Å²) in [4.78, 5) is 44.4. The third kappa shape index (κ3) is 35.0. The van der Waals surface area contributed by atoms with Gasteiger partial charge in [0.2, 0.25) is 5.91 Å². The molecule has 0 saturated carbocycles. The van der Waals surface area contributed by atoms with E-state index in [0.717, 1.165) is 64.3 Å². The molecule has 10 nitrogen and oxygen atoms in total. The molecule has 0 spiro atoms. The first kappa shape index (κ1) is 43.4. The van der Waals surface area contributed by atoms with E-state index >= 15 is 0 Å². The molecule has 0 aromatic rings. The minimum Gasteiger partial charge on any atom is -0.790 e. The number of nitrogens with one attached hydrogen (secondary N) is 1. The Hall–Kier alpha value is 0.970. The van der Waals surface area contributed by atoms with E-state index in [-0.39, 0.29) is 84.8 Å². The summed E-state index contributed by atoms with van der Waals surface area (Å²) in [6.45, 7) is 4.20. The number of phosphoric ester groups is 1. The van der Waals surface area contributed by atoms with Gasteiger partial charge in [-0.25, -0.2) is 0 Å². The molecule has 0 fully saturated rings. The van der Waals surface area contributed by atoms with Crippen LogP contribution in [0.3, 0.4) is 0 Å². The monoisotopic (exact) mass is 583 g/mol. The summed E-state index contributed by atoms with van der Waals surface area (Å²) in [6, 6.07) is 0. The van der Waals surface area contributed by atoms with Crippen molar-refractivity contribution in [3.05, 3.63) is 0 Å². The van der Waals surface area contributed by atoms with Crippen LogP contribution in [0.2, 0.25) is 0 Å². The summed E-state index contributed by atoms with van der Waals surface area (Å²) in [5.41, 5.74) is 0. The van der Waals surface area contributed by atoms with Crippen molar-refractivity contribution in [1.29, 1.82) is 0 Å². The zero-order valence-corrected chi connectivity index (χ0v) is 29.2. The van der Waals surface area contributed by atoms with Gasteiger partial charge in [-0.05, 0) is 19.3 Å². The maximum Gasteiger partial charge on any atom is 1.00 e. The van der Waals surface area contributed by atoms with Crippen LogP contribution in [-0.2, 0) is 32.9 Å². The average Bonchev–Trinajstić information content (AvgIpc) is 2.81. The van der Waals surface area contributed by atoms with E-state index in [1.807, 2.05) is 0 Å². The summed E-state index contributed by atoms with van der Waals surface area (Å²) < 4.78 is 31.1. The van der Waals surface area contributed by atoms with Crippen molar-refractivity contribution < 1.29 is 102 Å².